The highest BCUT2D eigenvalue weighted by Crippen LogP contribution is 2.24. The predicted molar refractivity (Wildman–Crippen MR) is 95.1 cm³/mol. The summed E-state index contributed by atoms with van der Waals surface area (Å²) in [6, 6.07) is 18.0. The monoisotopic (exact) mass is 325 g/mol. The van der Waals surface area contributed by atoms with Gasteiger partial charge in [-0.25, -0.2) is 0 Å². The second kappa shape index (κ2) is 7.38. The topological polar surface area (TPSA) is 42.2 Å². The van der Waals surface area contributed by atoms with E-state index in [2.05, 4.69) is 17.4 Å². The number of carbonyl (C=O) groups excluding carboxylic acids is 1. The Bertz CT molecular complexity index is 795. The van der Waals surface area contributed by atoms with Crippen molar-refractivity contribution in [2.24, 2.45) is 0 Å². The molecule has 0 saturated heterocycles. The molecule has 0 saturated carbocycles. The van der Waals surface area contributed by atoms with E-state index in [-0.39, 0.29) is 5.91 Å². The Balaban J connectivity index is 1.50. The lowest BCUT2D eigenvalue weighted by Gasteiger charge is -2.04. The fraction of sp³-hybridized carbons (Fsp3) is 0.211. The molecule has 2 aromatic carbocycles. The van der Waals surface area contributed by atoms with Crippen molar-refractivity contribution in [2.45, 2.75) is 18.2 Å². The normalized spacial score (nSPS) is 10.8. The Hall–Kier alpha value is -2.20. The van der Waals surface area contributed by atoms with Gasteiger partial charge in [0, 0.05) is 22.4 Å². The summed E-state index contributed by atoms with van der Waals surface area (Å²) < 4.78 is 5.67. The molecule has 23 heavy (non-hydrogen) atoms. The van der Waals surface area contributed by atoms with Gasteiger partial charge < -0.3 is 9.73 Å². The summed E-state index contributed by atoms with van der Waals surface area (Å²) in [6.07, 6.45) is 0.921. The smallest absolute Gasteiger partial charge is 0.287 e. The van der Waals surface area contributed by atoms with Crippen LogP contribution in [0.1, 0.15) is 22.5 Å². The SMILES string of the molecule is Cc1c(C(=O)NCCCSc2ccccc2)oc2ccccc12. The largest absolute Gasteiger partial charge is 0.451 e. The molecule has 1 N–H and O–H groups in total. The lowest BCUT2D eigenvalue weighted by atomic mass is 10.1. The van der Waals surface area contributed by atoms with E-state index in [4.69, 9.17) is 4.42 Å². The Morgan fingerprint density at radius 1 is 1.09 bits per heavy atom. The van der Waals surface area contributed by atoms with E-state index in [1.807, 2.05) is 49.4 Å². The lowest BCUT2D eigenvalue weighted by molar-refractivity contribution is 0.0927. The number of aryl methyl sites for hydroxylation is 1. The number of carbonyl (C=O) groups is 1. The first-order valence-electron chi connectivity index (χ1n) is 7.70. The highest BCUT2D eigenvalue weighted by atomic mass is 32.2. The van der Waals surface area contributed by atoms with Crippen LogP contribution in [0.2, 0.25) is 0 Å². The van der Waals surface area contributed by atoms with Crippen molar-refractivity contribution in [1.82, 2.24) is 5.32 Å². The zero-order valence-corrected chi connectivity index (χ0v) is 13.9. The summed E-state index contributed by atoms with van der Waals surface area (Å²) in [5, 5.41) is 3.94. The average molecular weight is 325 g/mol. The number of furan rings is 1. The third kappa shape index (κ3) is 3.77. The summed E-state index contributed by atoms with van der Waals surface area (Å²) in [5.74, 6) is 1.26. The molecule has 3 nitrogen and oxygen atoms in total. The second-order valence-electron chi connectivity index (χ2n) is 5.32. The summed E-state index contributed by atoms with van der Waals surface area (Å²) in [5.41, 5.74) is 1.66. The second-order valence-corrected chi connectivity index (χ2v) is 6.49. The van der Waals surface area contributed by atoms with Crippen LogP contribution in [0.25, 0.3) is 11.0 Å². The van der Waals surface area contributed by atoms with E-state index in [0.717, 1.165) is 28.7 Å². The maximum atomic E-state index is 12.3. The van der Waals surface area contributed by atoms with Gasteiger partial charge in [0.25, 0.3) is 5.91 Å². The van der Waals surface area contributed by atoms with Gasteiger partial charge in [-0.1, -0.05) is 36.4 Å². The first-order chi connectivity index (χ1) is 11.3. The van der Waals surface area contributed by atoms with Crippen LogP contribution in [-0.4, -0.2) is 18.2 Å². The van der Waals surface area contributed by atoms with Gasteiger partial charge in [-0.05, 0) is 37.3 Å². The molecule has 0 bridgehead atoms. The number of amides is 1. The van der Waals surface area contributed by atoms with Crippen molar-refractivity contribution < 1.29 is 9.21 Å². The first kappa shape index (κ1) is 15.7. The molecule has 3 aromatic rings. The highest BCUT2D eigenvalue weighted by molar-refractivity contribution is 7.99. The van der Waals surface area contributed by atoms with Crippen LogP contribution >= 0.6 is 11.8 Å². The molecule has 1 amide bonds. The Morgan fingerprint density at radius 2 is 1.83 bits per heavy atom. The third-order valence-corrected chi connectivity index (χ3v) is 4.77. The van der Waals surface area contributed by atoms with Gasteiger partial charge in [-0.15, -0.1) is 11.8 Å². The van der Waals surface area contributed by atoms with Crippen molar-refractivity contribution in [1.29, 1.82) is 0 Å². The van der Waals surface area contributed by atoms with Crippen molar-refractivity contribution in [3.05, 3.63) is 65.9 Å². The van der Waals surface area contributed by atoms with E-state index >= 15 is 0 Å². The number of nitrogens with one attached hydrogen (secondary N) is 1. The van der Waals surface area contributed by atoms with Crippen LogP contribution < -0.4 is 5.32 Å². The maximum absolute atomic E-state index is 12.3. The minimum Gasteiger partial charge on any atom is -0.451 e. The number of hydrogen-bond donors (Lipinski definition) is 1. The van der Waals surface area contributed by atoms with Gasteiger partial charge in [0.05, 0.1) is 0 Å². The molecule has 1 aromatic heterocycles. The number of fused-ring (bicyclic) bond motifs is 1. The molecule has 118 valence electrons. The van der Waals surface area contributed by atoms with E-state index in [1.165, 1.54) is 4.90 Å². The number of rotatable bonds is 6. The molecule has 0 aliphatic rings. The molecule has 0 radical (unpaired) electrons. The molecular weight excluding hydrogens is 306 g/mol. The van der Waals surface area contributed by atoms with Crippen LogP contribution in [0.5, 0.6) is 0 Å². The lowest BCUT2D eigenvalue weighted by Crippen LogP contribution is -2.24. The summed E-state index contributed by atoms with van der Waals surface area (Å²) in [7, 11) is 0. The molecule has 0 unspecified atom stereocenters. The van der Waals surface area contributed by atoms with E-state index in [0.29, 0.717) is 12.3 Å². The van der Waals surface area contributed by atoms with Gasteiger partial charge in [-0.2, -0.15) is 0 Å². The molecule has 1 heterocycles. The minimum absolute atomic E-state index is 0.136. The Kier molecular flexibility index (Phi) is 5.03. The number of hydrogen-bond acceptors (Lipinski definition) is 3. The quantitative estimate of drug-likeness (QED) is 0.530. The standard InChI is InChI=1S/C19H19NO2S/c1-14-16-10-5-6-11-17(16)22-18(14)19(21)20-12-7-13-23-15-8-3-2-4-9-15/h2-6,8-11H,7,12-13H2,1H3,(H,20,21). The van der Waals surface area contributed by atoms with Crippen LogP contribution in [0, 0.1) is 6.92 Å². The Morgan fingerprint density at radius 3 is 2.61 bits per heavy atom. The van der Waals surface area contributed by atoms with Crippen molar-refractivity contribution in [3.63, 3.8) is 0 Å². The first-order valence-corrected chi connectivity index (χ1v) is 8.68. The highest BCUT2D eigenvalue weighted by Gasteiger charge is 2.16. The molecule has 0 spiro atoms. The molecule has 4 heteroatoms. The maximum Gasteiger partial charge on any atom is 0.287 e. The molecular formula is C19H19NO2S. The van der Waals surface area contributed by atoms with Crippen LogP contribution in [0.4, 0.5) is 0 Å². The molecule has 0 atom stereocenters. The van der Waals surface area contributed by atoms with Gasteiger partial charge in [0.1, 0.15) is 5.58 Å². The van der Waals surface area contributed by atoms with Crippen molar-refractivity contribution in [3.8, 4) is 0 Å². The van der Waals surface area contributed by atoms with E-state index < -0.39 is 0 Å². The summed E-state index contributed by atoms with van der Waals surface area (Å²) in [6.45, 7) is 2.57. The molecule has 0 fully saturated rings. The predicted octanol–water partition coefficient (Wildman–Crippen LogP) is 4.65. The van der Waals surface area contributed by atoms with Crippen molar-refractivity contribution >= 4 is 28.6 Å². The molecule has 0 aliphatic carbocycles. The van der Waals surface area contributed by atoms with Gasteiger partial charge in [0.15, 0.2) is 5.76 Å². The van der Waals surface area contributed by atoms with Gasteiger partial charge >= 0.3 is 0 Å². The fourth-order valence-corrected chi connectivity index (χ4v) is 3.33. The average Bonchev–Trinajstić information content (AvgIpc) is 2.93. The fourth-order valence-electron chi connectivity index (χ4n) is 2.45. The zero-order valence-electron chi connectivity index (χ0n) is 13.0. The molecule has 0 aliphatic heterocycles. The van der Waals surface area contributed by atoms with Gasteiger partial charge in [-0.3, -0.25) is 4.79 Å². The van der Waals surface area contributed by atoms with Crippen LogP contribution in [0.15, 0.2) is 63.9 Å². The zero-order chi connectivity index (χ0) is 16.1. The summed E-state index contributed by atoms with van der Waals surface area (Å²) >= 11 is 1.80. The Labute approximate surface area is 140 Å². The number of para-hydroxylation sites is 1. The van der Waals surface area contributed by atoms with E-state index in [1.54, 1.807) is 11.8 Å². The number of thioether (sulfide) groups is 1. The minimum atomic E-state index is -0.136. The third-order valence-electron chi connectivity index (χ3n) is 3.67. The van der Waals surface area contributed by atoms with Crippen molar-refractivity contribution in [2.75, 3.05) is 12.3 Å². The van der Waals surface area contributed by atoms with Gasteiger partial charge in [0.2, 0.25) is 0 Å². The van der Waals surface area contributed by atoms with E-state index in [9.17, 15) is 4.79 Å². The van der Waals surface area contributed by atoms with Crippen LogP contribution in [0.3, 0.4) is 0 Å². The number of benzene rings is 2. The molecule has 3 rings (SSSR count). The van der Waals surface area contributed by atoms with Crippen LogP contribution in [-0.2, 0) is 0 Å². The summed E-state index contributed by atoms with van der Waals surface area (Å²) in [4.78, 5) is 13.5.